The Hall–Kier alpha value is -2.61. The third-order valence-corrected chi connectivity index (χ3v) is 7.06. The Morgan fingerprint density at radius 2 is 1.78 bits per heavy atom. The molecular weight excluding hydrogens is 426 g/mol. The molecular formula is C24H28ClN5O2. The highest BCUT2D eigenvalue weighted by Gasteiger charge is 2.56. The molecule has 168 valence electrons. The van der Waals surface area contributed by atoms with E-state index in [1.807, 2.05) is 18.2 Å². The van der Waals surface area contributed by atoms with Crippen molar-refractivity contribution in [2.75, 3.05) is 25.0 Å². The van der Waals surface area contributed by atoms with Gasteiger partial charge in [0.25, 0.3) is 5.91 Å². The van der Waals surface area contributed by atoms with Gasteiger partial charge in [0.2, 0.25) is 0 Å². The molecule has 7 nitrogen and oxygen atoms in total. The van der Waals surface area contributed by atoms with E-state index >= 15 is 0 Å². The van der Waals surface area contributed by atoms with Gasteiger partial charge in [-0.25, -0.2) is 4.79 Å². The monoisotopic (exact) mass is 453 g/mol. The number of imide groups is 1. The number of nitrogens with one attached hydrogen (secondary N) is 1. The summed E-state index contributed by atoms with van der Waals surface area (Å²) in [6.07, 6.45) is 0.442. The van der Waals surface area contributed by atoms with Crippen molar-refractivity contribution < 1.29 is 9.59 Å². The van der Waals surface area contributed by atoms with Gasteiger partial charge >= 0.3 is 6.03 Å². The first kappa shape index (κ1) is 21.2. The molecule has 1 N–H and O–H groups in total. The molecule has 2 aromatic carbocycles. The number of carbonyl (C=O) groups is 2. The number of hydrogen-bond donors (Lipinski definition) is 1. The van der Waals surface area contributed by atoms with E-state index in [4.69, 9.17) is 11.6 Å². The number of fused-ring (bicyclic) bond motifs is 3. The van der Waals surface area contributed by atoms with Crippen molar-refractivity contribution in [3.05, 3.63) is 64.2 Å². The lowest BCUT2D eigenvalue weighted by Crippen LogP contribution is -2.66. The van der Waals surface area contributed by atoms with Crippen LogP contribution < -0.4 is 10.2 Å². The summed E-state index contributed by atoms with van der Waals surface area (Å²) < 4.78 is 0. The van der Waals surface area contributed by atoms with E-state index in [1.165, 1.54) is 16.0 Å². The van der Waals surface area contributed by atoms with E-state index in [2.05, 4.69) is 47.2 Å². The number of hydrogen-bond acceptors (Lipinski definition) is 5. The molecule has 8 heteroatoms. The zero-order chi connectivity index (χ0) is 22.6. The Labute approximate surface area is 193 Å². The van der Waals surface area contributed by atoms with Crippen LogP contribution in [0.2, 0.25) is 5.02 Å². The van der Waals surface area contributed by atoms with Crippen LogP contribution in [-0.4, -0.2) is 65.3 Å². The van der Waals surface area contributed by atoms with Crippen LogP contribution in [0.1, 0.15) is 23.1 Å². The van der Waals surface area contributed by atoms with Crippen molar-refractivity contribution in [1.29, 1.82) is 0 Å². The van der Waals surface area contributed by atoms with Gasteiger partial charge in [0.1, 0.15) is 18.5 Å². The fraction of sp³-hybridized carbons (Fsp3) is 0.417. The molecule has 0 spiro atoms. The highest BCUT2D eigenvalue weighted by atomic mass is 35.5. The quantitative estimate of drug-likeness (QED) is 0.773. The number of benzene rings is 2. The van der Waals surface area contributed by atoms with Crippen LogP contribution in [0.3, 0.4) is 0 Å². The van der Waals surface area contributed by atoms with Crippen LogP contribution in [0.5, 0.6) is 0 Å². The summed E-state index contributed by atoms with van der Waals surface area (Å²) in [5, 5.41) is 4.13. The molecule has 0 aliphatic carbocycles. The van der Waals surface area contributed by atoms with Gasteiger partial charge in [-0.3, -0.25) is 19.9 Å². The number of amides is 3. The molecule has 5 rings (SSSR count). The average molecular weight is 454 g/mol. The van der Waals surface area contributed by atoms with Gasteiger partial charge in [0.15, 0.2) is 0 Å². The fourth-order valence-electron chi connectivity index (χ4n) is 5.24. The van der Waals surface area contributed by atoms with Gasteiger partial charge in [-0.05, 0) is 55.2 Å². The molecule has 3 amide bonds. The van der Waals surface area contributed by atoms with Crippen LogP contribution in [0.25, 0.3) is 0 Å². The molecule has 0 aromatic heterocycles. The molecule has 32 heavy (non-hydrogen) atoms. The van der Waals surface area contributed by atoms with Crippen molar-refractivity contribution in [3.63, 3.8) is 0 Å². The van der Waals surface area contributed by atoms with E-state index in [0.29, 0.717) is 5.02 Å². The zero-order valence-corrected chi connectivity index (χ0v) is 19.3. The molecule has 3 heterocycles. The number of nitrogens with zero attached hydrogens (tertiary/aromatic N) is 4. The highest BCUT2D eigenvalue weighted by Crippen LogP contribution is 2.34. The second kappa shape index (κ2) is 8.06. The Morgan fingerprint density at radius 3 is 2.50 bits per heavy atom. The van der Waals surface area contributed by atoms with Crippen molar-refractivity contribution in [2.24, 2.45) is 0 Å². The van der Waals surface area contributed by atoms with Crippen LogP contribution in [0.15, 0.2) is 42.5 Å². The Balaban J connectivity index is 1.45. The summed E-state index contributed by atoms with van der Waals surface area (Å²) in [6.45, 7) is 6.06. The van der Waals surface area contributed by atoms with Gasteiger partial charge in [0.05, 0.1) is 6.54 Å². The fourth-order valence-corrected chi connectivity index (χ4v) is 5.44. The predicted octanol–water partition coefficient (Wildman–Crippen LogP) is 3.14. The first-order chi connectivity index (χ1) is 15.3. The minimum atomic E-state index is -0.432. The number of anilines is 1. The predicted molar refractivity (Wildman–Crippen MR) is 124 cm³/mol. The van der Waals surface area contributed by atoms with Crippen molar-refractivity contribution in [2.45, 2.75) is 45.3 Å². The maximum absolute atomic E-state index is 13.6. The minimum Gasteiger partial charge on any atom is -0.343 e. The zero-order valence-electron chi connectivity index (χ0n) is 18.6. The SMILES string of the molecule is Cc1cc(C)cc(N2CCCN3C4C(=O)N(Cc5ccccc5Cl)C(=O)N(C)C4NC23)c1. The van der Waals surface area contributed by atoms with Crippen LogP contribution in [-0.2, 0) is 11.3 Å². The third-order valence-electron chi connectivity index (χ3n) is 6.69. The van der Waals surface area contributed by atoms with Crippen molar-refractivity contribution in [1.82, 2.24) is 20.0 Å². The van der Waals surface area contributed by atoms with Gasteiger partial charge in [0, 0.05) is 30.8 Å². The lowest BCUT2D eigenvalue weighted by atomic mass is 10.1. The maximum atomic E-state index is 13.6. The molecule has 3 atom stereocenters. The number of carbonyl (C=O) groups excluding carboxylic acids is 2. The molecule has 3 fully saturated rings. The lowest BCUT2D eigenvalue weighted by Gasteiger charge is -2.44. The van der Waals surface area contributed by atoms with Gasteiger partial charge in [-0.15, -0.1) is 0 Å². The van der Waals surface area contributed by atoms with Crippen LogP contribution in [0, 0.1) is 13.8 Å². The number of rotatable bonds is 3. The Morgan fingerprint density at radius 1 is 1.06 bits per heavy atom. The van der Waals surface area contributed by atoms with E-state index < -0.39 is 6.04 Å². The molecule has 0 saturated carbocycles. The second-order valence-electron chi connectivity index (χ2n) is 8.97. The van der Waals surface area contributed by atoms with Gasteiger partial charge in [-0.2, -0.15) is 0 Å². The molecule has 3 aliphatic heterocycles. The molecule has 2 aromatic rings. The van der Waals surface area contributed by atoms with Crippen LogP contribution in [0.4, 0.5) is 10.5 Å². The number of urea groups is 1. The summed E-state index contributed by atoms with van der Waals surface area (Å²) in [5.74, 6) is -0.171. The van der Waals surface area contributed by atoms with Crippen molar-refractivity contribution in [3.8, 4) is 0 Å². The van der Waals surface area contributed by atoms with E-state index in [-0.39, 0.29) is 30.9 Å². The summed E-state index contributed by atoms with van der Waals surface area (Å²) in [6, 6.07) is 13.1. The maximum Gasteiger partial charge on any atom is 0.328 e. The number of likely N-dealkylation sites (N-methyl/N-ethyl adjacent to an activating group) is 1. The van der Waals surface area contributed by atoms with E-state index in [0.717, 1.165) is 30.8 Å². The summed E-state index contributed by atoms with van der Waals surface area (Å²) in [7, 11) is 1.76. The lowest BCUT2D eigenvalue weighted by molar-refractivity contribution is -0.139. The van der Waals surface area contributed by atoms with E-state index in [9.17, 15) is 9.59 Å². The summed E-state index contributed by atoms with van der Waals surface area (Å²) >= 11 is 6.32. The normalized spacial score (nSPS) is 25.9. The molecule has 3 unspecified atom stereocenters. The highest BCUT2D eigenvalue weighted by molar-refractivity contribution is 6.31. The first-order valence-corrected chi connectivity index (χ1v) is 11.4. The minimum absolute atomic E-state index is 0.139. The molecule has 3 aliphatic rings. The van der Waals surface area contributed by atoms with Crippen LogP contribution >= 0.6 is 11.6 Å². The van der Waals surface area contributed by atoms with Gasteiger partial charge in [-0.1, -0.05) is 35.9 Å². The number of halogens is 1. The number of aryl methyl sites for hydroxylation is 2. The van der Waals surface area contributed by atoms with Crippen molar-refractivity contribution >= 4 is 29.2 Å². The average Bonchev–Trinajstić information content (AvgIpc) is 3.16. The topological polar surface area (TPSA) is 59.1 Å². The summed E-state index contributed by atoms with van der Waals surface area (Å²) in [5.41, 5.74) is 4.32. The largest absolute Gasteiger partial charge is 0.343 e. The summed E-state index contributed by atoms with van der Waals surface area (Å²) in [4.78, 5) is 34.3. The molecule has 0 bridgehead atoms. The van der Waals surface area contributed by atoms with E-state index in [1.54, 1.807) is 18.0 Å². The first-order valence-electron chi connectivity index (χ1n) is 11.0. The third kappa shape index (κ3) is 3.45. The Kier molecular flexibility index (Phi) is 5.35. The Bertz CT molecular complexity index is 1060. The van der Waals surface area contributed by atoms with Gasteiger partial charge < -0.3 is 9.80 Å². The second-order valence-corrected chi connectivity index (χ2v) is 9.38. The molecule has 3 saturated heterocycles. The molecule has 0 radical (unpaired) electrons. The smallest absolute Gasteiger partial charge is 0.328 e. The standard InChI is InChI=1S/C24H28ClN5O2/c1-15-11-16(2)13-18(12-15)28-9-6-10-29-20-21(26-23(28)29)27(3)24(32)30(22(20)31)14-17-7-4-5-8-19(17)25/h4-5,7-8,11-13,20-21,23,26H,6,9-10,14H2,1-3H3.